The zero-order valence-electron chi connectivity index (χ0n) is 13.4. The van der Waals surface area contributed by atoms with Crippen LogP contribution in [0.4, 0.5) is 10.8 Å². The van der Waals surface area contributed by atoms with Gasteiger partial charge in [0.1, 0.15) is 4.88 Å². The van der Waals surface area contributed by atoms with Crippen LogP contribution in [0.5, 0.6) is 0 Å². The van der Waals surface area contributed by atoms with Gasteiger partial charge in [-0.25, -0.2) is 9.78 Å². The van der Waals surface area contributed by atoms with Gasteiger partial charge in [0.05, 0.1) is 12.3 Å². The molecule has 0 atom stereocenters. The van der Waals surface area contributed by atoms with Crippen LogP contribution in [0.2, 0.25) is 0 Å². The molecule has 122 valence electrons. The highest BCUT2D eigenvalue weighted by molar-refractivity contribution is 7.17. The number of carbonyl (C=O) groups excluding carboxylic acids is 1. The molecule has 3 rings (SSSR count). The highest BCUT2D eigenvalue weighted by atomic mass is 32.1. The first kappa shape index (κ1) is 16.2. The lowest BCUT2D eigenvalue weighted by Gasteiger charge is -2.02. The van der Waals surface area contributed by atoms with Gasteiger partial charge in [0.2, 0.25) is 0 Å². The van der Waals surface area contributed by atoms with Gasteiger partial charge in [0, 0.05) is 12.1 Å². The van der Waals surface area contributed by atoms with Crippen LogP contribution in [-0.4, -0.2) is 17.6 Å². The quantitative estimate of drug-likeness (QED) is 0.665. The molecule has 0 bridgehead atoms. The van der Waals surface area contributed by atoms with E-state index >= 15 is 0 Å². The van der Waals surface area contributed by atoms with Crippen LogP contribution in [0.1, 0.15) is 27.9 Å². The summed E-state index contributed by atoms with van der Waals surface area (Å²) in [5, 5.41) is 3.94. The summed E-state index contributed by atoms with van der Waals surface area (Å²) in [5.41, 5.74) is 2.79. The summed E-state index contributed by atoms with van der Waals surface area (Å²) in [6.45, 7) is 2.15. The van der Waals surface area contributed by atoms with Gasteiger partial charge in [-0.05, 0) is 24.6 Å². The standard InChI is InChI=1S/C19H18N2O2S/c1-2-23-18(22)17-16(13-14-9-5-3-6-10-14)21-19(24-17)20-15-11-7-4-8-12-15/h3-12H,2,13H2,1H3,(H,20,21). The molecule has 1 heterocycles. The molecule has 24 heavy (non-hydrogen) atoms. The second kappa shape index (κ2) is 7.75. The first-order chi connectivity index (χ1) is 11.8. The van der Waals surface area contributed by atoms with Crippen molar-refractivity contribution in [2.45, 2.75) is 13.3 Å². The Morgan fingerprint density at radius 1 is 1.08 bits per heavy atom. The second-order valence-corrected chi connectivity index (χ2v) is 6.17. The largest absolute Gasteiger partial charge is 0.462 e. The Balaban J connectivity index is 1.88. The minimum absolute atomic E-state index is 0.318. The number of esters is 1. The summed E-state index contributed by atoms with van der Waals surface area (Å²) in [7, 11) is 0. The van der Waals surface area contributed by atoms with E-state index in [2.05, 4.69) is 10.3 Å². The van der Waals surface area contributed by atoms with Crippen molar-refractivity contribution in [1.82, 2.24) is 4.98 Å². The molecule has 0 aliphatic carbocycles. The molecule has 1 N–H and O–H groups in total. The van der Waals surface area contributed by atoms with E-state index in [9.17, 15) is 4.79 Å². The lowest BCUT2D eigenvalue weighted by atomic mass is 10.1. The van der Waals surface area contributed by atoms with Crippen LogP contribution in [-0.2, 0) is 11.2 Å². The number of carbonyl (C=O) groups is 1. The van der Waals surface area contributed by atoms with Crippen LogP contribution < -0.4 is 5.32 Å². The average Bonchev–Trinajstić information content (AvgIpc) is 2.99. The zero-order chi connectivity index (χ0) is 16.8. The van der Waals surface area contributed by atoms with Crippen LogP contribution in [0.15, 0.2) is 60.7 Å². The fourth-order valence-electron chi connectivity index (χ4n) is 2.32. The molecule has 0 amide bonds. The van der Waals surface area contributed by atoms with Gasteiger partial charge in [-0.3, -0.25) is 0 Å². The van der Waals surface area contributed by atoms with E-state index in [1.807, 2.05) is 60.7 Å². The van der Waals surface area contributed by atoms with Crippen molar-refractivity contribution in [3.63, 3.8) is 0 Å². The number of hydrogen-bond donors (Lipinski definition) is 1. The Bertz CT molecular complexity index is 801. The molecule has 2 aromatic carbocycles. The molecule has 5 heteroatoms. The third-order valence-corrected chi connectivity index (χ3v) is 4.39. The van der Waals surface area contributed by atoms with E-state index in [1.54, 1.807) is 6.92 Å². The number of para-hydroxylation sites is 1. The van der Waals surface area contributed by atoms with Gasteiger partial charge in [0.25, 0.3) is 0 Å². The zero-order valence-corrected chi connectivity index (χ0v) is 14.2. The number of ether oxygens (including phenoxy) is 1. The maximum Gasteiger partial charge on any atom is 0.350 e. The molecule has 0 spiro atoms. The first-order valence-corrected chi connectivity index (χ1v) is 8.60. The van der Waals surface area contributed by atoms with Crippen molar-refractivity contribution >= 4 is 28.1 Å². The monoisotopic (exact) mass is 338 g/mol. The molecule has 0 unspecified atom stereocenters. The predicted octanol–water partition coefficient (Wildman–Crippen LogP) is 4.65. The first-order valence-electron chi connectivity index (χ1n) is 7.79. The normalized spacial score (nSPS) is 10.4. The van der Waals surface area contributed by atoms with Crippen LogP contribution >= 0.6 is 11.3 Å². The number of benzene rings is 2. The van der Waals surface area contributed by atoms with Crippen molar-refractivity contribution in [1.29, 1.82) is 0 Å². The molecular weight excluding hydrogens is 320 g/mol. The van der Waals surface area contributed by atoms with Crippen molar-refractivity contribution in [3.8, 4) is 0 Å². The van der Waals surface area contributed by atoms with Crippen LogP contribution in [0, 0.1) is 0 Å². The molecule has 0 saturated heterocycles. The molecule has 3 aromatic rings. The smallest absolute Gasteiger partial charge is 0.350 e. The van der Waals surface area contributed by atoms with Gasteiger partial charge in [0.15, 0.2) is 5.13 Å². The van der Waals surface area contributed by atoms with E-state index in [0.717, 1.165) is 16.9 Å². The van der Waals surface area contributed by atoms with Crippen molar-refractivity contribution in [2.75, 3.05) is 11.9 Å². The number of nitrogens with one attached hydrogen (secondary N) is 1. The number of hydrogen-bond acceptors (Lipinski definition) is 5. The fourth-order valence-corrected chi connectivity index (χ4v) is 3.21. The Kier molecular flexibility index (Phi) is 5.23. The Labute approximate surface area is 145 Å². The van der Waals surface area contributed by atoms with Gasteiger partial charge in [-0.2, -0.15) is 0 Å². The third-order valence-electron chi connectivity index (χ3n) is 3.40. The number of thiazole rings is 1. The van der Waals surface area contributed by atoms with Gasteiger partial charge >= 0.3 is 5.97 Å². The van der Waals surface area contributed by atoms with Gasteiger partial charge < -0.3 is 10.1 Å². The predicted molar refractivity (Wildman–Crippen MR) is 97.0 cm³/mol. The van der Waals surface area contributed by atoms with E-state index in [-0.39, 0.29) is 5.97 Å². The topological polar surface area (TPSA) is 51.2 Å². The van der Waals surface area contributed by atoms with E-state index in [0.29, 0.717) is 23.0 Å². The number of rotatable bonds is 6. The summed E-state index contributed by atoms with van der Waals surface area (Å²) in [6.07, 6.45) is 0.599. The summed E-state index contributed by atoms with van der Waals surface area (Å²) in [6, 6.07) is 19.8. The molecule has 1 aromatic heterocycles. The van der Waals surface area contributed by atoms with Gasteiger partial charge in [-0.15, -0.1) is 0 Å². The lowest BCUT2D eigenvalue weighted by Crippen LogP contribution is -2.06. The highest BCUT2D eigenvalue weighted by Gasteiger charge is 2.19. The highest BCUT2D eigenvalue weighted by Crippen LogP contribution is 2.28. The molecule has 0 aliphatic heterocycles. The van der Waals surface area contributed by atoms with E-state index in [4.69, 9.17) is 4.74 Å². The maximum absolute atomic E-state index is 12.2. The maximum atomic E-state index is 12.2. The van der Waals surface area contributed by atoms with E-state index in [1.165, 1.54) is 11.3 Å². The minimum Gasteiger partial charge on any atom is -0.462 e. The average molecular weight is 338 g/mol. The van der Waals surface area contributed by atoms with Crippen molar-refractivity contribution in [2.24, 2.45) is 0 Å². The molecule has 4 nitrogen and oxygen atoms in total. The number of anilines is 2. The van der Waals surface area contributed by atoms with Crippen LogP contribution in [0.3, 0.4) is 0 Å². The number of aromatic nitrogens is 1. The summed E-state index contributed by atoms with van der Waals surface area (Å²) in [5.74, 6) is -0.318. The van der Waals surface area contributed by atoms with Crippen molar-refractivity contribution in [3.05, 3.63) is 76.8 Å². The fraction of sp³-hybridized carbons (Fsp3) is 0.158. The minimum atomic E-state index is -0.318. The molecule has 0 saturated carbocycles. The summed E-state index contributed by atoms with van der Waals surface area (Å²) >= 11 is 1.32. The number of nitrogens with zero attached hydrogens (tertiary/aromatic N) is 1. The Morgan fingerprint density at radius 2 is 1.75 bits per heavy atom. The second-order valence-electron chi connectivity index (χ2n) is 5.17. The Hall–Kier alpha value is -2.66. The Morgan fingerprint density at radius 3 is 2.42 bits per heavy atom. The summed E-state index contributed by atoms with van der Waals surface area (Å²) < 4.78 is 5.17. The van der Waals surface area contributed by atoms with Gasteiger partial charge in [-0.1, -0.05) is 59.9 Å². The third kappa shape index (κ3) is 4.00. The summed E-state index contributed by atoms with van der Waals surface area (Å²) in [4.78, 5) is 17.4. The van der Waals surface area contributed by atoms with E-state index < -0.39 is 0 Å². The van der Waals surface area contributed by atoms with Crippen LogP contribution in [0.25, 0.3) is 0 Å². The van der Waals surface area contributed by atoms with Crippen molar-refractivity contribution < 1.29 is 9.53 Å². The molecular formula is C19H18N2O2S. The lowest BCUT2D eigenvalue weighted by molar-refractivity contribution is 0.0530. The SMILES string of the molecule is CCOC(=O)c1sc(Nc2ccccc2)nc1Cc1ccccc1. The molecule has 0 aliphatic rings. The molecule has 0 fully saturated rings. The molecule has 0 radical (unpaired) electrons.